The number of aromatic nitrogens is 1. The first-order valence-electron chi connectivity index (χ1n) is 7.06. The van der Waals surface area contributed by atoms with Gasteiger partial charge < -0.3 is 4.74 Å². The molecule has 104 valence electrons. The lowest BCUT2D eigenvalue weighted by Gasteiger charge is -2.06. The van der Waals surface area contributed by atoms with Crippen molar-refractivity contribution in [1.82, 2.24) is 0 Å². The molecule has 0 saturated carbocycles. The van der Waals surface area contributed by atoms with Crippen LogP contribution in [0, 0.1) is 6.92 Å². The number of hydrogen-bond acceptors (Lipinski definition) is 1. The van der Waals surface area contributed by atoms with Gasteiger partial charge >= 0.3 is 0 Å². The van der Waals surface area contributed by atoms with Crippen molar-refractivity contribution >= 4 is 0 Å². The number of rotatable bonds is 4. The minimum absolute atomic E-state index is 0.595. The SMILES string of the molecule is Cc1cc[n+](-c2ccc(OCc3ccccc3)cc2)cc1. The van der Waals surface area contributed by atoms with Gasteiger partial charge in [-0.2, -0.15) is 4.57 Å². The molecule has 0 unspecified atom stereocenters. The van der Waals surface area contributed by atoms with Gasteiger partial charge in [0.25, 0.3) is 0 Å². The molecule has 0 radical (unpaired) electrons. The summed E-state index contributed by atoms with van der Waals surface area (Å²) in [4.78, 5) is 0. The molecule has 2 heteroatoms. The number of ether oxygens (including phenoxy) is 1. The van der Waals surface area contributed by atoms with E-state index >= 15 is 0 Å². The summed E-state index contributed by atoms with van der Waals surface area (Å²) in [5.41, 5.74) is 3.56. The lowest BCUT2D eigenvalue weighted by molar-refractivity contribution is -0.595. The Morgan fingerprint density at radius 2 is 1.48 bits per heavy atom. The largest absolute Gasteiger partial charge is 0.489 e. The lowest BCUT2D eigenvalue weighted by atomic mass is 10.2. The molecule has 0 amide bonds. The highest BCUT2D eigenvalue weighted by atomic mass is 16.5. The zero-order valence-corrected chi connectivity index (χ0v) is 12.1. The third kappa shape index (κ3) is 3.48. The van der Waals surface area contributed by atoms with E-state index in [1.807, 2.05) is 30.3 Å². The van der Waals surface area contributed by atoms with Gasteiger partial charge in [-0.15, -0.1) is 0 Å². The molecule has 3 rings (SSSR count). The van der Waals surface area contributed by atoms with Gasteiger partial charge in [-0.1, -0.05) is 30.3 Å². The average Bonchev–Trinajstić information content (AvgIpc) is 2.55. The van der Waals surface area contributed by atoms with Crippen molar-refractivity contribution in [2.75, 3.05) is 0 Å². The molecule has 0 fully saturated rings. The van der Waals surface area contributed by atoms with Crippen LogP contribution in [0.5, 0.6) is 5.75 Å². The van der Waals surface area contributed by atoms with Crippen molar-refractivity contribution in [3.8, 4) is 11.4 Å². The van der Waals surface area contributed by atoms with Crippen LogP contribution >= 0.6 is 0 Å². The molecule has 0 bridgehead atoms. The summed E-state index contributed by atoms with van der Waals surface area (Å²) in [6, 6.07) is 22.5. The molecule has 21 heavy (non-hydrogen) atoms. The monoisotopic (exact) mass is 276 g/mol. The molecule has 0 atom stereocenters. The first-order chi connectivity index (χ1) is 10.3. The predicted molar refractivity (Wildman–Crippen MR) is 83.5 cm³/mol. The second-order valence-electron chi connectivity index (χ2n) is 5.05. The summed E-state index contributed by atoms with van der Waals surface area (Å²) in [6.45, 7) is 2.68. The maximum atomic E-state index is 5.79. The average molecular weight is 276 g/mol. The summed E-state index contributed by atoms with van der Waals surface area (Å²) in [7, 11) is 0. The van der Waals surface area contributed by atoms with Crippen LogP contribution < -0.4 is 9.30 Å². The van der Waals surface area contributed by atoms with Gasteiger partial charge in [-0.05, 0) is 30.2 Å². The summed E-state index contributed by atoms with van der Waals surface area (Å²) < 4.78 is 7.88. The van der Waals surface area contributed by atoms with Crippen LogP contribution in [0.1, 0.15) is 11.1 Å². The lowest BCUT2D eigenvalue weighted by Crippen LogP contribution is -2.28. The van der Waals surface area contributed by atoms with Crippen molar-refractivity contribution in [3.63, 3.8) is 0 Å². The molecule has 2 nitrogen and oxygen atoms in total. The number of hydrogen-bond donors (Lipinski definition) is 0. The van der Waals surface area contributed by atoms with E-state index in [1.54, 1.807) is 0 Å². The van der Waals surface area contributed by atoms with Crippen molar-refractivity contribution in [2.45, 2.75) is 13.5 Å². The van der Waals surface area contributed by atoms with Gasteiger partial charge in [0, 0.05) is 24.3 Å². The van der Waals surface area contributed by atoms with E-state index in [-0.39, 0.29) is 0 Å². The Bertz CT molecular complexity index is 688. The van der Waals surface area contributed by atoms with Crippen LogP contribution in [0.2, 0.25) is 0 Å². The molecule has 0 N–H and O–H groups in total. The smallest absolute Gasteiger partial charge is 0.210 e. The van der Waals surface area contributed by atoms with Gasteiger partial charge in [0.05, 0.1) is 0 Å². The molecular formula is C19H18NO+. The Hall–Kier alpha value is -2.61. The summed E-state index contributed by atoms with van der Waals surface area (Å²) in [5.74, 6) is 0.885. The number of nitrogens with zero attached hydrogens (tertiary/aromatic N) is 1. The Balaban J connectivity index is 1.68. The highest BCUT2D eigenvalue weighted by Gasteiger charge is 2.05. The van der Waals surface area contributed by atoms with Gasteiger partial charge in [0.1, 0.15) is 12.4 Å². The van der Waals surface area contributed by atoms with Gasteiger partial charge in [-0.3, -0.25) is 0 Å². The molecule has 3 aromatic rings. The van der Waals surface area contributed by atoms with E-state index in [1.165, 1.54) is 11.1 Å². The van der Waals surface area contributed by atoms with Crippen molar-refractivity contribution in [3.05, 3.63) is 90.3 Å². The minimum atomic E-state index is 0.595. The maximum Gasteiger partial charge on any atom is 0.210 e. The Kier molecular flexibility index (Phi) is 3.97. The zero-order valence-electron chi connectivity index (χ0n) is 12.1. The molecule has 0 aliphatic rings. The van der Waals surface area contributed by atoms with Crippen molar-refractivity contribution in [2.24, 2.45) is 0 Å². The normalized spacial score (nSPS) is 10.3. The van der Waals surface area contributed by atoms with Crippen molar-refractivity contribution in [1.29, 1.82) is 0 Å². The number of aryl methyl sites for hydroxylation is 1. The highest BCUT2D eigenvalue weighted by molar-refractivity contribution is 5.31. The predicted octanol–water partition coefficient (Wildman–Crippen LogP) is 3.85. The Morgan fingerprint density at radius 3 is 2.14 bits per heavy atom. The van der Waals surface area contributed by atoms with Gasteiger partial charge in [0.15, 0.2) is 12.4 Å². The zero-order chi connectivity index (χ0) is 14.5. The van der Waals surface area contributed by atoms with Crippen LogP contribution in [-0.2, 0) is 6.61 Å². The highest BCUT2D eigenvalue weighted by Crippen LogP contribution is 2.14. The molecule has 0 aliphatic carbocycles. The van der Waals surface area contributed by atoms with Crippen LogP contribution in [0.25, 0.3) is 5.69 Å². The quantitative estimate of drug-likeness (QED) is 0.660. The number of pyridine rings is 1. The molecule has 0 saturated heterocycles. The van der Waals surface area contributed by atoms with Crippen LogP contribution in [0.4, 0.5) is 0 Å². The third-order valence-corrected chi connectivity index (χ3v) is 3.38. The minimum Gasteiger partial charge on any atom is -0.489 e. The third-order valence-electron chi connectivity index (χ3n) is 3.38. The van der Waals surface area contributed by atoms with Gasteiger partial charge in [-0.25, -0.2) is 0 Å². The summed E-state index contributed by atoms with van der Waals surface area (Å²) in [5, 5.41) is 0. The van der Waals surface area contributed by atoms with E-state index < -0.39 is 0 Å². The fourth-order valence-electron chi connectivity index (χ4n) is 2.13. The van der Waals surface area contributed by atoms with Crippen LogP contribution in [0.15, 0.2) is 79.1 Å². The molecule has 2 aromatic carbocycles. The van der Waals surface area contributed by atoms with Crippen LogP contribution in [-0.4, -0.2) is 0 Å². The van der Waals surface area contributed by atoms with Gasteiger partial charge in [0.2, 0.25) is 5.69 Å². The number of benzene rings is 2. The molecule has 1 heterocycles. The molecular weight excluding hydrogens is 258 g/mol. The first kappa shape index (κ1) is 13.4. The Labute approximate surface area is 125 Å². The summed E-state index contributed by atoms with van der Waals surface area (Å²) >= 11 is 0. The van der Waals surface area contributed by atoms with E-state index in [9.17, 15) is 0 Å². The standard InChI is InChI=1S/C19H18NO/c1-16-11-13-20(14-12-16)18-7-9-19(10-8-18)21-15-17-5-3-2-4-6-17/h2-14H,15H2,1H3/q+1. The Morgan fingerprint density at radius 1 is 0.810 bits per heavy atom. The maximum absolute atomic E-state index is 5.79. The van der Waals surface area contributed by atoms with Crippen LogP contribution in [0.3, 0.4) is 0 Å². The van der Waals surface area contributed by atoms with E-state index in [0.717, 1.165) is 11.4 Å². The topological polar surface area (TPSA) is 13.1 Å². The molecule has 1 aromatic heterocycles. The van der Waals surface area contributed by atoms with E-state index in [4.69, 9.17) is 4.74 Å². The van der Waals surface area contributed by atoms with Crippen molar-refractivity contribution < 1.29 is 9.30 Å². The molecule has 0 aliphatic heterocycles. The van der Waals surface area contributed by atoms with E-state index in [0.29, 0.717) is 6.61 Å². The second-order valence-corrected chi connectivity index (χ2v) is 5.05. The fourth-order valence-corrected chi connectivity index (χ4v) is 2.13. The molecule has 0 spiro atoms. The fraction of sp³-hybridized carbons (Fsp3) is 0.105. The second kappa shape index (κ2) is 6.23. The first-order valence-corrected chi connectivity index (χ1v) is 7.06. The summed E-state index contributed by atoms with van der Waals surface area (Å²) in [6.07, 6.45) is 4.13. The van der Waals surface area contributed by atoms with E-state index in [2.05, 4.69) is 60.3 Å².